The Morgan fingerprint density at radius 3 is 2.05 bits per heavy atom. The van der Waals surface area contributed by atoms with Crippen LogP contribution in [0.5, 0.6) is 0 Å². The van der Waals surface area contributed by atoms with Crippen LogP contribution in [-0.2, 0) is 23.9 Å². The van der Waals surface area contributed by atoms with Crippen LogP contribution in [0.2, 0.25) is 0 Å². The maximum Gasteiger partial charge on any atom is 0.347 e. The minimum atomic E-state index is -0.998. The molecule has 1 aliphatic rings. The summed E-state index contributed by atoms with van der Waals surface area (Å²) in [5, 5.41) is 2.26. The van der Waals surface area contributed by atoms with Crippen molar-refractivity contribution >= 4 is 23.9 Å². The van der Waals surface area contributed by atoms with Crippen molar-refractivity contribution in [3.05, 3.63) is 11.3 Å². The fraction of sp³-hybridized carbons (Fsp3) is 0.571. The number of carbonyl (C=O) groups excluding carboxylic acids is 4. The predicted molar refractivity (Wildman–Crippen MR) is 75.4 cm³/mol. The van der Waals surface area contributed by atoms with Crippen molar-refractivity contribution in [1.82, 2.24) is 10.2 Å². The Hall–Kier alpha value is -2.38. The summed E-state index contributed by atoms with van der Waals surface area (Å²) in [5.41, 5.74) is -0.973. The molecule has 1 heterocycles. The number of ether oxygens (including phenoxy) is 2. The zero-order valence-electron chi connectivity index (χ0n) is 12.9. The van der Waals surface area contributed by atoms with E-state index in [1.807, 2.05) is 6.92 Å². The van der Waals surface area contributed by atoms with Crippen LogP contribution in [0.1, 0.15) is 33.6 Å². The number of unbranched alkanes of at least 4 members (excludes halogenated alkanes) is 1. The molecule has 1 saturated heterocycles. The zero-order chi connectivity index (χ0) is 16.7. The lowest BCUT2D eigenvalue weighted by Gasteiger charge is -2.11. The third kappa shape index (κ3) is 3.84. The Bertz CT molecular complexity index is 491. The van der Waals surface area contributed by atoms with Gasteiger partial charge in [0.2, 0.25) is 0 Å². The molecule has 0 radical (unpaired) electrons. The van der Waals surface area contributed by atoms with E-state index in [0.29, 0.717) is 6.42 Å². The summed E-state index contributed by atoms with van der Waals surface area (Å²) >= 11 is 0. The molecular weight excluding hydrogens is 292 g/mol. The maximum absolute atomic E-state index is 12.2. The number of amides is 3. The van der Waals surface area contributed by atoms with Crippen LogP contribution in [0.4, 0.5) is 4.79 Å². The van der Waals surface area contributed by atoms with Gasteiger partial charge in [-0.3, -0.25) is 9.69 Å². The van der Waals surface area contributed by atoms with Gasteiger partial charge in [0.05, 0.1) is 13.2 Å². The second kappa shape index (κ2) is 8.16. The van der Waals surface area contributed by atoms with Crippen molar-refractivity contribution in [3.63, 3.8) is 0 Å². The number of esters is 2. The molecule has 122 valence electrons. The Morgan fingerprint density at radius 1 is 1.05 bits per heavy atom. The van der Waals surface area contributed by atoms with E-state index in [-0.39, 0.29) is 19.8 Å². The molecule has 1 aliphatic heterocycles. The van der Waals surface area contributed by atoms with Crippen molar-refractivity contribution in [2.45, 2.75) is 33.6 Å². The van der Waals surface area contributed by atoms with Crippen LogP contribution >= 0.6 is 0 Å². The number of urea groups is 1. The number of hydrogen-bond donors (Lipinski definition) is 1. The second-order valence-corrected chi connectivity index (χ2v) is 4.43. The summed E-state index contributed by atoms with van der Waals surface area (Å²) in [6.07, 6.45) is 1.42. The first-order valence-corrected chi connectivity index (χ1v) is 7.19. The molecule has 1 rings (SSSR count). The van der Waals surface area contributed by atoms with Gasteiger partial charge in [-0.2, -0.15) is 0 Å². The highest BCUT2D eigenvalue weighted by Gasteiger charge is 2.40. The first-order valence-electron chi connectivity index (χ1n) is 7.19. The number of carbonyl (C=O) groups is 4. The van der Waals surface area contributed by atoms with E-state index >= 15 is 0 Å². The van der Waals surface area contributed by atoms with Crippen LogP contribution in [0, 0.1) is 0 Å². The molecule has 0 spiro atoms. The summed E-state index contributed by atoms with van der Waals surface area (Å²) in [7, 11) is 0. The molecule has 0 aromatic rings. The van der Waals surface area contributed by atoms with Gasteiger partial charge in [0.25, 0.3) is 5.91 Å². The second-order valence-electron chi connectivity index (χ2n) is 4.43. The Morgan fingerprint density at radius 2 is 1.59 bits per heavy atom. The Balaban J connectivity index is 3.17. The van der Waals surface area contributed by atoms with E-state index in [1.165, 1.54) is 0 Å². The highest BCUT2D eigenvalue weighted by molar-refractivity contribution is 6.23. The van der Waals surface area contributed by atoms with Crippen LogP contribution in [0.25, 0.3) is 0 Å². The van der Waals surface area contributed by atoms with Crippen molar-refractivity contribution in [3.8, 4) is 0 Å². The number of nitrogens with zero attached hydrogens (tertiary/aromatic N) is 1. The van der Waals surface area contributed by atoms with Gasteiger partial charge in [-0.15, -0.1) is 0 Å². The molecule has 0 atom stereocenters. The summed E-state index contributed by atoms with van der Waals surface area (Å²) in [5.74, 6) is -2.72. The largest absolute Gasteiger partial charge is 0.462 e. The molecule has 0 saturated carbocycles. The van der Waals surface area contributed by atoms with E-state index in [1.54, 1.807) is 13.8 Å². The molecule has 0 aromatic heterocycles. The standard InChI is InChI=1S/C14H20N2O6/c1-4-7-8-16-11(17)10(15-14(16)20)9(12(18)21-5-2)13(19)22-6-3/h4-8H2,1-3H3,(H,15,20). The van der Waals surface area contributed by atoms with E-state index in [2.05, 4.69) is 5.32 Å². The van der Waals surface area contributed by atoms with E-state index in [4.69, 9.17) is 9.47 Å². The number of nitrogens with one attached hydrogen (secondary N) is 1. The highest BCUT2D eigenvalue weighted by atomic mass is 16.6. The number of imide groups is 1. The monoisotopic (exact) mass is 312 g/mol. The lowest BCUT2D eigenvalue weighted by molar-refractivity contribution is -0.147. The van der Waals surface area contributed by atoms with Gasteiger partial charge in [-0.05, 0) is 20.3 Å². The van der Waals surface area contributed by atoms with E-state index < -0.39 is 35.1 Å². The molecule has 22 heavy (non-hydrogen) atoms. The summed E-state index contributed by atoms with van der Waals surface area (Å²) in [6.45, 7) is 5.30. The average Bonchev–Trinajstić information content (AvgIpc) is 2.73. The normalized spacial score (nSPS) is 14.0. The predicted octanol–water partition coefficient (Wildman–Crippen LogP) is 0.719. The molecule has 8 nitrogen and oxygen atoms in total. The first-order chi connectivity index (χ1) is 10.5. The molecule has 0 aromatic carbocycles. The van der Waals surface area contributed by atoms with Crippen molar-refractivity contribution in [1.29, 1.82) is 0 Å². The molecule has 0 aliphatic carbocycles. The first kappa shape index (κ1) is 17.7. The SMILES string of the molecule is CCCCN1C(=O)NC(=C(C(=O)OCC)C(=O)OCC)C1=O. The van der Waals surface area contributed by atoms with E-state index in [0.717, 1.165) is 11.3 Å². The molecular formula is C14H20N2O6. The molecule has 1 N–H and O–H groups in total. The average molecular weight is 312 g/mol. The highest BCUT2D eigenvalue weighted by Crippen LogP contribution is 2.17. The van der Waals surface area contributed by atoms with Gasteiger partial charge in [-0.1, -0.05) is 13.3 Å². The Labute approximate surface area is 128 Å². The fourth-order valence-electron chi connectivity index (χ4n) is 1.84. The lowest BCUT2D eigenvalue weighted by atomic mass is 10.2. The molecule has 0 unspecified atom stereocenters. The van der Waals surface area contributed by atoms with Gasteiger partial charge in [0.15, 0.2) is 5.57 Å². The van der Waals surface area contributed by atoms with Crippen LogP contribution in [0.15, 0.2) is 11.3 Å². The van der Waals surface area contributed by atoms with Crippen molar-refractivity contribution < 1.29 is 28.7 Å². The van der Waals surface area contributed by atoms with Gasteiger partial charge in [0, 0.05) is 6.54 Å². The van der Waals surface area contributed by atoms with Crippen LogP contribution in [0.3, 0.4) is 0 Å². The van der Waals surface area contributed by atoms with Gasteiger partial charge >= 0.3 is 18.0 Å². The molecule has 1 fully saturated rings. The van der Waals surface area contributed by atoms with Crippen molar-refractivity contribution in [2.24, 2.45) is 0 Å². The number of hydrogen-bond acceptors (Lipinski definition) is 6. The summed E-state index contributed by atoms with van der Waals surface area (Å²) in [4.78, 5) is 48.9. The van der Waals surface area contributed by atoms with Gasteiger partial charge in [-0.25, -0.2) is 14.4 Å². The Kier molecular flexibility index (Phi) is 6.55. The van der Waals surface area contributed by atoms with Crippen LogP contribution in [-0.4, -0.2) is 48.5 Å². The quantitative estimate of drug-likeness (QED) is 0.244. The van der Waals surface area contributed by atoms with E-state index in [9.17, 15) is 19.2 Å². The lowest BCUT2D eigenvalue weighted by Crippen LogP contribution is -2.31. The van der Waals surface area contributed by atoms with Gasteiger partial charge in [0.1, 0.15) is 5.70 Å². The maximum atomic E-state index is 12.2. The topological polar surface area (TPSA) is 102 Å². The molecule has 0 bridgehead atoms. The summed E-state index contributed by atoms with van der Waals surface area (Å²) in [6, 6.07) is -0.667. The number of rotatable bonds is 7. The minimum Gasteiger partial charge on any atom is -0.462 e. The smallest absolute Gasteiger partial charge is 0.347 e. The third-order valence-corrected chi connectivity index (χ3v) is 2.88. The van der Waals surface area contributed by atoms with Gasteiger partial charge < -0.3 is 14.8 Å². The summed E-state index contributed by atoms with van der Waals surface area (Å²) < 4.78 is 9.53. The zero-order valence-corrected chi connectivity index (χ0v) is 12.9. The fourth-order valence-corrected chi connectivity index (χ4v) is 1.84. The van der Waals surface area contributed by atoms with Crippen LogP contribution < -0.4 is 5.32 Å². The minimum absolute atomic E-state index is 0.0245. The van der Waals surface area contributed by atoms with Crippen molar-refractivity contribution in [2.75, 3.05) is 19.8 Å². The third-order valence-electron chi connectivity index (χ3n) is 2.88. The molecule has 8 heteroatoms. The molecule has 3 amide bonds.